The second-order valence-corrected chi connectivity index (χ2v) is 7.12. The van der Waals surface area contributed by atoms with E-state index in [0.717, 1.165) is 48.6 Å². The number of hydrogen-bond donors (Lipinski definition) is 1. The number of carboxylic acids is 1. The first-order chi connectivity index (χ1) is 9.22. The van der Waals surface area contributed by atoms with Gasteiger partial charge in [-0.25, -0.2) is 9.78 Å². The van der Waals surface area contributed by atoms with E-state index in [0.29, 0.717) is 10.8 Å². The minimum atomic E-state index is -0.801. The molecule has 0 aromatic carbocycles. The lowest BCUT2D eigenvalue weighted by atomic mass is 10.0. The molecule has 1 aromatic rings. The number of aromatic carboxylic acids is 1. The molecule has 1 aliphatic heterocycles. The van der Waals surface area contributed by atoms with Crippen LogP contribution in [0.5, 0.6) is 0 Å². The van der Waals surface area contributed by atoms with Gasteiger partial charge in [0, 0.05) is 19.0 Å². The van der Waals surface area contributed by atoms with Gasteiger partial charge in [-0.1, -0.05) is 17.8 Å². The van der Waals surface area contributed by atoms with Crippen molar-refractivity contribution in [2.45, 2.75) is 38.0 Å². The maximum atomic E-state index is 11.3. The number of anilines is 1. The Morgan fingerprint density at radius 3 is 2.47 bits per heavy atom. The molecule has 0 amide bonds. The molecule has 0 spiro atoms. The van der Waals surface area contributed by atoms with Gasteiger partial charge in [0.05, 0.1) is 5.69 Å². The lowest BCUT2D eigenvalue weighted by Gasteiger charge is -2.15. The summed E-state index contributed by atoms with van der Waals surface area (Å²) in [6.45, 7) is 2.17. The Hall–Kier alpha value is -1.10. The Morgan fingerprint density at radius 2 is 1.89 bits per heavy atom. The van der Waals surface area contributed by atoms with E-state index in [1.807, 2.05) is 0 Å². The van der Waals surface area contributed by atoms with Gasteiger partial charge in [0.15, 0.2) is 5.13 Å². The molecule has 5 heteroatoms. The molecule has 2 heterocycles. The number of nitrogens with zero attached hydrogens (tertiary/aromatic N) is 2. The van der Waals surface area contributed by atoms with Crippen molar-refractivity contribution in [2.24, 2.45) is 11.8 Å². The summed E-state index contributed by atoms with van der Waals surface area (Å²) in [4.78, 5) is 18.8. The molecular weight excluding hydrogens is 260 g/mol. The molecule has 4 nitrogen and oxygen atoms in total. The summed E-state index contributed by atoms with van der Waals surface area (Å²) in [7, 11) is 0. The van der Waals surface area contributed by atoms with Crippen LogP contribution in [-0.4, -0.2) is 29.1 Å². The highest BCUT2D eigenvalue weighted by Crippen LogP contribution is 2.46. The number of fused-ring (bicyclic) bond motifs is 1. The first-order valence-electron chi connectivity index (χ1n) is 7.21. The van der Waals surface area contributed by atoms with Crippen molar-refractivity contribution in [1.29, 1.82) is 0 Å². The molecule has 2 unspecified atom stereocenters. The molecule has 1 N–H and O–H groups in total. The molecule has 19 heavy (non-hydrogen) atoms. The van der Waals surface area contributed by atoms with E-state index in [-0.39, 0.29) is 0 Å². The quantitative estimate of drug-likeness (QED) is 0.923. The highest BCUT2D eigenvalue weighted by Gasteiger charge is 2.39. The van der Waals surface area contributed by atoms with Crippen LogP contribution < -0.4 is 4.90 Å². The molecule has 0 radical (unpaired) electrons. The topological polar surface area (TPSA) is 53.4 Å². The van der Waals surface area contributed by atoms with Crippen LogP contribution in [-0.2, 0) is 0 Å². The SMILES string of the molecule is O=C(O)c1sc(N2CC3CCCC3C2)nc1C1CC1. The molecule has 2 saturated carbocycles. The zero-order valence-electron chi connectivity index (χ0n) is 10.8. The Balaban J connectivity index is 1.61. The van der Waals surface area contributed by atoms with E-state index in [2.05, 4.69) is 9.88 Å². The first kappa shape index (κ1) is 11.7. The molecular formula is C14H18N2O2S. The number of aromatic nitrogens is 1. The summed E-state index contributed by atoms with van der Waals surface area (Å²) >= 11 is 1.39. The standard InChI is InChI=1S/C14H18N2O2S/c17-13(18)12-11(8-4-5-8)15-14(19-12)16-6-9-2-1-3-10(9)7-16/h8-10H,1-7H2,(H,17,18). The number of carbonyl (C=O) groups is 1. The van der Waals surface area contributed by atoms with Gasteiger partial charge >= 0.3 is 5.97 Å². The molecule has 2 aliphatic carbocycles. The zero-order valence-corrected chi connectivity index (χ0v) is 11.7. The van der Waals surface area contributed by atoms with Crippen molar-refractivity contribution >= 4 is 22.4 Å². The minimum absolute atomic E-state index is 0.415. The fraction of sp³-hybridized carbons (Fsp3) is 0.714. The van der Waals surface area contributed by atoms with Gasteiger partial charge in [0.2, 0.25) is 0 Å². The summed E-state index contributed by atoms with van der Waals surface area (Å²) < 4.78 is 0. The summed E-state index contributed by atoms with van der Waals surface area (Å²) in [5, 5.41) is 10.3. The van der Waals surface area contributed by atoms with E-state index in [1.165, 1.54) is 30.6 Å². The molecule has 1 saturated heterocycles. The third kappa shape index (κ3) is 1.95. The van der Waals surface area contributed by atoms with Crippen molar-refractivity contribution in [3.63, 3.8) is 0 Å². The lowest BCUT2D eigenvalue weighted by Crippen LogP contribution is -2.20. The van der Waals surface area contributed by atoms with Crippen LogP contribution in [0, 0.1) is 11.8 Å². The Morgan fingerprint density at radius 1 is 1.21 bits per heavy atom. The summed E-state index contributed by atoms with van der Waals surface area (Å²) in [5.41, 5.74) is 0.851. The molecule has 0 bridgehead atoms. The fourth-order valence-corrected chi connectivity index (χ4v) is 4.64. The third-order valence-corrected chi connectivity index (χ3v) is 5.92. The average Bonchev–Trinajstić information content (AvgIpc) is 2.83. The number of carboxylic acid groups (broad SMARTS) is 1. The third-order valence-electron chi connectivity index (χ3n) is 4.80. The fourth-order valence-electron chi connectivity index (χ4n) is 3.63. The highest BCUT2D eigenvalue weighted by molar-refractivity contribution is 7.17. The van der Waals surface area contributed by atoms with Crippen LogP contribution in [0.25, 0.3) is 0 Å². The molecule has 1 aromatic heterocycles. The predicted molar refractivity (Wildman–Crippen MR) is 74.1 cm³/mol. The predicted octanol–water partition coefficient (Wildman–Crippen LogP) is 2.96. The van der Waals surface area contributed by atoms with Crippen LogP contribution in [0.15, 0.2) is 0 Å². The van der Waals surface area contributed by atoms with Crippen LogP contribution in [0.2, 0.25) is 0 Å². The largest absolute Gasteiger partial charge is 0.477 e. The Kier molecular flexibility index (Phi) is 2.59. The van der Waals surface area contributed by atoms with Crippen molar-refractivity contribution < 1.29 is 9.90 Å². The monoisotopic (exact) mass is 278 g/mol. The van der Waals surface area contributed by atoms with Gasteiger partial charge < -0.3 is 10.0 Å². The van der Waals surface area contributed by atoms with Gasteiger partial charge in [-0.3, -0.25) is 0 Å². The average molecular weight is 278 g/mol. The lowest BCUT2D eigenvalue weighted by molar-refractivity contribution is 0.0700. The second kappa shape index (κ2) is 4.20. The van der Waals surface area contributed by atoms with Crippen LogP contribution in [0.3, 0.4) is 0 Å². The molecule has 102 valence electrons. The normalized spacial score (nSPS) is 29.8. The van der Waals surface area contributed by atoms with Crippen molar-refractivity contribution in [2.75, 3.05) is 18.0 Å². The second-order valence-electron chi connectivity index (χ2n) is 6.15. The first-order valence-corrected chi connectivity index (χ1v) is 8.03. The summed E-state index contributed by atoms with van der Waals surface area (Å²) in [5.74, 6) is 1.26. The number of thiazole rings is 1. The van der Waals surface area contributed by atoms with Crippen molar-refractivity contribution in [3.8, 4) is 0 Å². The highest BCUT2D eigenvalue weighted by atomic mass is 32.1. The molecule has 2 atom stereocenters. The van der Waals surface area contributed by atoms with E-state index in [9.17, 15) is 9.90 Å². The summed E-state index contributed by atoms with van der Waals surface area (Å²) in [6.07, 6.45) is 6.26. The number of rotatable bonds is 3. The van der Waals surface area contributed by atoms with Crippen LogP contribution in [0.4, 0.5) is 5.13 Å². The molecule has 4 rings (SSSR count). The minimum Gasteiger partial charge on any atom is -0.477 e. The maximum Gasteiger partial charge on any atom is 0.347 e. The van der Waals surface area contributed by atoms with Crippen LogP contribution in [0.1, 0.15) is 53.4 Å². The van der Waals surface area contributed by atoms with E-state index in [1.54, 1.807) is 0 Å². The van der Waals surface area contributed by atoms with Crippen molar-refractivity contribution in [3.05, 3.63) is 10.6 Å². The Labute approximate surface area is 116 Å². The number of hydrogen-bond acceptors (Lipinski definition) is 4. The van der Waals surface area contributed by atoms with Crippen LogP contribution >= 0.6 is 11.3 Å². The Bertz CT molecular complexity index is 512. The van der Waals surface area contributed by atoms with E-state index in [4.69, 9.17) is 0 Å². The summed E-state index contributed by atoms with van der Waals surface area (Å²) in [6, 6.07) is 0. The van der Waals surface area contributed by atoms with E-state index < -0.39 is 5.97 Å². The van der Waals surface area contributed by atoms with Gasteiger partial charge in [-0.15, -0.1) is 0 Å². The van der Waals surface area contributed by atoms with Gasteiger partial charge in [0.25, 0.3) is 0 Å². The smallest absolute Gasteiger partial charge is 0.347 e. The van der Waals surface area contributed by atoms with E-state index >= 15 is 0 Å². The molecule has 3 aliphatic rings. The van der Waals surface area contributed by atoms with Gasteiger partial charge in [-0.2, -0.15) is 0 Å². The zero-order chi connectivity index (χ0) is 13.0. The van der Waals surface area contributed by atoms with Gasteiger partial charge in [-0.05, 0) is 37.5 Å². The molecule has 3 fully saturated rings. The van der Waals surface area contributed by atoms with Gasteiger partial charge in [0.1, 0.15) is 4.88 Å². The van der Waals surface area contributed by atoms with Crippen molar-refractivity contribution in [1.82, 2.24) is 4.98 Å². The maximum absolute atomic E-state index is 11.3.